The van der Waals surface area contributed by atoms with Gasteiger partial charge in [-0.05, 0) is 50.2 Å². The molecule has 1 fully saturated rings. The summed E-state index contributed by atoms with van der Waals surface area (Å²) in [6, 6.07) is 14.1. The van der Waals surface area contributed by atoms with Crippen LogP contribution in [0.1, 0.15) is 43.5 Å². The number of anilines is 2. The first-order chi connectivity index (χ1) is 14.6. The average Bonchev–Trinajstić information content (AvgIpc) is 3.27. The van der Waals surface area contributed by atoms with Crippen LogP contribution in [0.2, 0.25) is 0 Å². The van der Waals surface area contributed by atoms with Crippen LogP contribution in [-0.4, -0.2) is 50.0 Å². The van der Waals surface area contributed by atoms with Crippen molar-refractivity contribution in [3.63, 3.8) is 0 Å². The van der Waals surface area contributed by atoms with Gasteiger partial charge in [0.2, 0.25) is 0 Å². The molecule has 0 bridgehead atoms. The van der Waals surface area contributed by atoms with Crippen molar-refractivity contribution in [1.82, 2.24) is 5.32 Å². The molecule has 3 N–H and O–H groups in total. The van der Waals surface area contributed by atoms with Gasteiger partial charge in [-0.1, -0.05) is 25.5 Å². The van der Waals surface area contributed by atoms with E-state index >= 15 is 0 Å². The Bertz CT molecular complexity index is 797. The molecule has 0 spiro atoms. The summed E-state index contributed by atoms with van der Waals surface area (Å²) in [5.41, 5.74) is 3.60. The number of unbranched alkanes of at least 4 members (excludes halogenated alkanes) is 1. The van der Waals surface area contributed by atoms with E-state index in [9.17, 15) is 10.2 Å². The molecule has 164 valence electrons. The first-order valence-electron chi connectivity index (χ1n) is 10.9. The number of aliphatic hydroxyl groups excluding tert-OH is 2. The lowest BCUT2D eigenvalue weighted by molar-refractivity contribution is 0.178. The maximum Gasteiger partial charge on any atom is 0.153 e. The fourth-order valence-corrected chi connectivity index (χ4v) is 3.88. The third-order valence-electron chi connectivity index (χ3n) is 5.89. The lowest BCUT2D eigenvalue weighted by Crippen LogP contribution is -2.30. The van der Waals surface area contributed by atoms with Crippen LogP contribution < -0.4 is 19.9 Å². The second-order valence-corrected chi connectivity index (χ2v) is 7.95. The minimum atomic E-state index is -0.785. The van der Waals surface area contributed by atoms with Gasteiger partial charge >= 0.3 is 0 Å². The Balaban J connectivity index is 1.70. The molecule has 2 atom stereocenters. The molecule has 2 unspecified atom stereocenters. The molecule has 1 aliphatic heterocycles. The molecule has 2 aromatic rings. The van der Waals surface area contributed by atoms with Crippen molar-refractivity contribution in [2.45, 2.75) is 45.1 Å². The maximum absolute atomic E-state index is 10.9. The highest BCUT2D eigenvalue weighted by Crippen LogP contribution is 2.31. The minimum absolute atomic E-state index is 0.0301. The van der Waals surface area contributed by atoms with Crippen molar-refractivity contribution in [3.8, 4) is 5.75 Å². The molecule has 6 nitrogen and oxygen atoms in total. The third kappa shape index (κ3) is 5.25. The molecule has 1 aliphatic rings. The second-order valence-electron chi connectivity index (χ2n) is 7.95. The fourth-order valence-electron chi connectivity index (χ4n) is 3.88. The molecule has 0 amide bonds. The zero-order valence-corrected chi connectivity index (χ0v) is 18.3. The number of ether oxygens (including phenoxy) is 1. The first-order valence-corrected chi connectivity index (χ1v) is 10.9. The van der Waals surface area contributed by atoms with Gasteiger partial charge in [0.05, 0.1) is 13.2 Å². The van der Waals surface area contributed by atoms with Crippen LogP contribution >= 0.6 is 0 Å². The van der Waals surface area contributed by atoms with Gasteiger partial charge in [-0.15, -0.1) is 0 Å². The number of aliphatic hydroxyl groups is 2. The lowest BCUT2D eigenvalue weighted by Gasteiger charge is -2.28. The van der Waals surface area contributed by atoms with Gasteiger partial charge in [0.15, 0.2) is 6.23 Å². The molecule has 6 heteroatoms. The quantitative estimate of drug-likeness (QED) is 0.410. The number of hydrogen-bond acceptors (Lipinski definition) is 6. The molecule has 0 aromatic heterocycles. The number of benzene rings is 2. The van der Waals surface area contributed by atoms with Gasteiger partial charge in [-0.2, -0.15) is 0 Å². The van der Waals surface area contributed by atoms with Gasteiger partial charge in [0.1, 0.15) is 5.75 Å². The summed E-state index contributed by atoms with van der Waals surface area (Å²) in [5, 5.41) is 24.1. The molecule has 0 aliphatic carbocycles. The fraction of sp³-hybridized carbons (Fsp3) is 0.500. The zero-order chi connectivity index (χ0) is 21.5. The van der Waals surface area contributed by atoms with E-state index in [0.29, 0.717) is 12.6 Å². The van der Waals surface area contributed by atoms with Crippen molar-refractivity contribution in [1.29, 1.82) is 0 Å². The van der Waals surface area contributed by atoms with E-state index in [1.165, 1.54) is 0 Å². The predicted octanol–water partition coefficient (Wildman–Crippen LogP) is 3.28. The van der Waals surface area contributed by atoms with Crippen LogP contribution in [-0.2, 0) is 6.61 Å². The Morgan fingerprint density at radius 1 is 1.23 bits per heavy atom. The summed E-state index contributed by atoms with van der Waals surface area (Å²) in [6.45, 7) is 4.73. The molecular weight excluding hydrogens is 378 g/mol. The normalized spacial score (nSPS) is 17.2. The number of likely N-dealkylation sites (N-methyl/N-ethyl adjacent to an activating group) is 1. The van der Waals surface area contributed by atoms with Crippen LogP contribution in [0.3, 0.4) is 0 Å². The molecule has 1 saturated heterocycles. The van der Waals surface area contributed by atoms with E-state index in [0.717, 1.165) is 60.6 Å². The summed E-state index contributed by atoms with van der Waals surface area (Å²) >= 11 is 0. The molecule has 3 rings (SSSR count). The lowest BCUT2D eigenvalue weighted by atomic mass is 10.1. The summed E-state index contributed by atoms with van der Waals surface area (Å²) < 4.78 is 5.70. The van der Waals surface area contributed by atoms with Gasteiger partial charge in [0.25, 0.3) is 0 Å². The van der Waals surface area contributed by atoms with Gasteiger partial charge < -0.3 is 30.1 Å². The number of nitrogens with one attached hydrogen (secondary N) is 1. The largest absolute Gasteiger partial charge is 0.494 e. The summed E-state index contributed by atoms with van der Waals surface area (Å²) in [5.74, 6) is 0.819. The van der Waals surface area contributed by atoms with E-state index in [4.69, 9.17) is 4.74 Å². The van der Waals surface area contributed by atoms with Gasteiger partial charge in [-0.25, -0.2) is 0 Å². The Morgan fingerprint density at radius 3 is 2.63 bits per heavy atom. The van der Waals surface area contributed by atoms with Crippen LogP contribution in [0.15, 0.2) is 42.5 Å². The number of hydrogen-bond donors (Lipinski definition) is 3. The summed E-state index contributed by atoms with van der Waals surface area (Å²) in [6.07, 6.45) is 2.44. The molecule has 0 radical (unpaired) electrons. The molecule has 1 heterocycles. The van der Waals surface area contributed by atoms with Crippen molar-refractivity contribution < 1.29 is 14.9 Å². The highest BCUT2D eigenvalue weighted by atomic mass is 16.5. The predicted molar refractivity (Wildman–Crippen MR) is 122 cm³/mol. The molecule has 0 saturated carbocycles. The Hall–Kier alpha value is -2.28. The van der Waals surface area contributed by atoms with E-state index in [-0.39, 0.29) is 6.61 Å². The first kappa shape index (κ1) is 22.4. The van der Waals surface area contributed by atoms with Crippen LogP contribution in [0.4, 0.5) is 11.4 Å². The van der Waals surface area contributed by atoms with Crippen LogP contribution in [0.25, 0.3) is 0 Å². The topological polar surface area (TPSA) is 68.2 Å². The minimum Gasteiger partial charge on any atom is -0.494 e. The van der Waals surface area contributed by atoms with Gasteiger partial charge in [-0.3, -0.25) is 0 Å². The van der Waals surface area contributed by atoms with Gasteiger partial charge in [0, 0.05) is 48.7 Å². The van der Waals surface area contributed by atoms with Crippen molar-refractivity contribution >= 4 is 11.4 Å². The number of nitrogens with zero attached hydrogens (tertiary/aromatic N) is 2. The van der Waals surface area contributed by atoms with Crippen LogP contribution in [0.5, 0.6) is 5.75 Å². The van der Waals surface area contributed by atoms with E-state index < -0.39 is 6.23 Å². The highest BCUT2D eigenvalue weighted by Gasteiger charge is 2.23. The summed E-state index contributed by atoms with van der Waals surface area (Å²) in [4.78, 5) is 4.13. The van der Waals surface area contributed by atoms with Crippen molar-refractivity contribution in [2.24, 2.45) is 0 Å². The average molecular weight is 414 g/mol. The SMILES string of the molecule is CCCCOc1ccc(C(O)N(C)c2ccc(N3CCC(NC)C3)c(CO)c2)cc1. The standard InChI is InChI=1S/C24H35N3O3/c1-4-5-14-30-22-9-6-18(7-10-22)24(29)26(3)21-8-11-23(19(15-21)17-28)27-13-12-20(16-27)25-2/h6-11,15,20,24-25,28-29H,4-5,12-14,16-17H2,1-3H3. The Kier molecular flexibility index (Phi) is 7.96. The van der Waals surface area contributed by atoms with E-state index in [1.54, 1.807) is 0 Å². The van der Waals surface area contributed by atoms with E-state index in [2.05, 4.69) is 17.1 Å². The zero-order valence-electron chi connectivity index (χ0n) is 18.3. The third-order valence-corrected chi connectivity index (χ3v) is 5.89. The Labute approximate surface area is 180 Å². The summed E-state index contributed by atoms with van der Waals surface area (Å²) in [7, 11) is 3.85. The monoisotopic (exact) mass is 413 g/mol. The maximum atomic E-state index is 10.9. The van der Waals surface area contributed by atoms with Crippen molar-refractivity contribution in [2.75, 3.05) is 43.6 Å². The molecule has 2 aromatic carbocycles. The Morgan fingerprint density at radius 2 is 2.00 bits per heavy atom. The smallest absolute Gasteiger partial charge is 0.153 e. The molecular formula is C24H35N3O3. The number of rotatable bonds is 10. The van der Waals surface area contributed by atoms with E-state index in [1.807, 2.05) is 61.5 Å². The highest BCUT2D eigenvalue weighted by molar-refractivity contribution is 5.62. The molecule has 30 heavy (non-hydrogen) atoms. The van der Waals surface area contributed by atoms with Crippen LogP contribution in [0, 0.1) is 0 Å². The second kappa shape index (κ2) is 10.7. The van der Waals surface area contributed by atoms with Crippen molar-refractivity contribution in [3.05, 3.63) is 53.6 Å².